The van der Waals surface area contributed by atoms with Crippen molar-refractivity contribution < 1.29 is 4.79 Å². The molecule has 2 rings (SSSR count). The maximum atomic E-state index is 12.2. The Kier molecular flexibility index (Phi) is 3.54. The third-order valence-electron chi connectivity index (χ3n) is 3.30. The largest absolute Gasteiger partial charge is 0.335 e. The molecule has 1 aliphatic rings. The fourth-order valence-corrected chi connectivity index (χ4v) is 2.46. The molecule has 0 bridgehead atoms. The highest BCUT2D eigenvalue weighted by atomic mass is 79.9. The van der Waals surface area contributed by atoms with Gasteiger partial charge in [-0.1, -0.05) is 15.9 Å². The molecular formula is C13H17BrN2O. The number of benzene rings is 1. The molecule has 1 heterocycles. The Morgan fingerprint density at radius 3 is 2.59 bits per heavy atom. The lowest BCUT2D eigenvalue weighted by molar-refractivity contribution is 0.0398. The predicted molar refractivity (Wildman–Crippen MR) is 72.3 cm³/mol. The van der Waals surface area contributed by atoms with Gasteiger partial charge in [-0.05, 0) is 44.8 Å². The smallest absolute Gasteiger partial charge is 0.254 e. The van der Waals surface area contributed by atoms with Crippen LogP contribution in [0.25, 0.3) is 0 Å². The molecule has 92 valence electrons. The summed E-state index contributed by atoms with van der Waals surface area (Å²) in [4.78, 5) is 16.3. The molecule has 0 atom stereocenters. The van der Waals surface area contributed by atoms with E-state index in [0.29, 0.717) is 6.04 Å². The Bertz CT molecular complexity index is 439. The van der Waals surface area contributed by atoms with Gasteiger partial charge in [-0.3, -0.25) is 4.79 Å². The lowest BCUT2D eigenvalue weighted by Crippen LogP contribution is -2.59. The highest BCUT2D eigenvalue weighted by Crippen LogP contribution is 2.21. The van der Waals surface area contributed by atoms with Crippen molar-refractivity contribution in [2.45, 2.75) is 13.0 Å². The van der Waals surface area contributed by atoms with E-state index in [0.717, 1.165) is 28.7 Å². The van der Waals surface area contributed by atoms with Crippen LogP contribution in [0.1, 0.15) is 15.9 Å². The topological polar surface area (TPSA) is 23.6 Å². The summed E-state index contributed by atoms with van der Waals surface area (Å²) in [5, 5.41) is 0. The number of hydrogen-bond donors (Lipinski definition) is 0. The van der Waals surface area contributed by atoms with Crippen molar-refractivity contribution in [1.29, 1.82) is 0 Å². The molecule has 1 amide bonds. The molecule has 1 aromatic rings. The van der Waals surface area contributed by atoms with Crippen LogP contribution in [-0.2, 0) is 0 Å². The van der Waals surface area contributed by atoms with E-state index in [9.17, 15) is 4.79 Å². The third kappa shape index (κ3) is 2.53. The Morgan fingerprint density at radius 1 is 1.41 bits per heavy atom. The highest BCUT2D eigenvalue weighted by molar-refractivity contribution is 9.10. The molecule has 0 N–H and O–H groups in total. The minimum absolute atomic E-state index is 0.146. The first-order valence-corrected chi connectivity index (χ1v) is 6.50. The average Bonchev–Trinajstić information content (AvgIpc) is 2.13. The van der Waals surface area contributed by atoms with Crippen LogP contribution in [0.3, 0.4) is 0 Å². The summed E-state index contributed by atoms with van der Waals surface area (Å²) in [5.74, 6) is 0.146. The standard InChI is InChI=1S/C13H17BrN2O/c1-9-6-10(14)4-5-12(9)13(17)16-7-11(8-16)15(2)3/h4-6,11H,7-8H2,1-3H3. The van der Waals surface area contributed by atoms with E-state index in [2.05, 4.69) is 34.9 Å². The first-order valence-electron chi connectivity index (χ1n) is 5.71. The van der Waals surface area contributed by atoms with Gasteiger partial charge in [0.25, 0.3) is 5.91 Å². The van der Waals surface area contributed by atoms with Crippen molar-refractivity contribution in [2.75, 3.05) is 27.2 Å². The fourth-order valence-electron chi connectivity index (χ4n) is 1.99. The van der Waals surface area contributed by atoms with Crippen LogP contribution in [0.4, 0.5) is 0 Å². The fraction of sp³-hybridized carbons (Fsp3) is 0.462. The molecule has 1 aliphatic heterocycles. The van der Waals surface area contributed by atoms with Crippen molar-refractivity contribution in [3.05, 3.63) is 33.8 Å². The van der Waals surface area contributed by atoms with Gasteiger partial charge in [0, 0.05) is 29.2 Å². The van der Waals surface area contributed by atoms with E-state index in [1.165, 1.54) is 0 Å². The van der Waals surface area contributed by atoms with Crippen LogP contribution in [0, 0.1) is 6.92 Å². The molecule has 0 unspecified atom stereocenters. The van der Waals surface area contributed by atoms with Gasteiger partial charge in [-0.15, -0.1) is 0 Å². The van der Waals surface area contributed by atoms with Crippen LogP contribution >= 0.6 is 15.9 Å². The molecule has 0 aromatic heterocycles. The number of likely N-dealkylation sites (tertiary alicyclic amines) is 1. The Balaban J connectivity index is 2.07. The van der Waals surface area contributed by atoms with E-state index in [1.54, 1.807) is 0 Å². The zero-order chi connectivity index (χ0) is 12.6. The minimum atomic E-state index is 0.146. The van der Waals surface area contributed by atoms with E-state index in [4.69, 9.17) is 0 Å². The summed E-state index contributed by atoms with van der Waals surface area (Å²) in [7, 11) is 4.11. The van der Waals surface area contributed by atoms with Gasteiger partial charge in [0.15, 0.2) is 0 Å². The van der Waals surface area contributed by atoms with Crippen LogP contribution in [0.5, 0.6) is 0 Å². The molecule has 1 aromatic carbocycles. The third-order valence-corrected chi connectivity index (χ3v) is 3.79. The normalized spacial score (nSPS) is 16.2. The number of carbonyl (C=O) groups is 1. The van der Waals surface area contributed by atoms with Gasteiger partial charge in [-0.25, -0.2) is 0 Å². The second-order valence-corrected chi connectivity index (χ2v) is 5.70. The number of hydrogen-bond acceptors (Lipinski definition) is 2. The summed E-state index contributed by atoms with van der Waals surface area (Å²) in [6.45, 7) is 3.64. The molecule has 17 heavy (non-hydrogen) atoms. The quantitative estimate of drug-likeness (QED) is 0.835. The number of rotatable bonds is 2. The van der Waals surface area contributed by atoms with E-state index >= 15 is 0 Å². The lowest BCUT2D eigenvalue weighted by Gasteiger charge is -2.42. The molecule has 0 aliphatic carbocycles. The van der Waals surface area contributed by atoms with Crippen molar-refractivity contribution in [2.24, 2.45) is 0 Å². The van der Waals surface area contributed by atoms with Crippen LogP contribution in [0.15, 0.2) is 22.7 Å². The summed E-state index contributed by atoms with van der Waals surface area (Å²) >= 11 is 3.41. The molecule has 0 saturated carbocycles. The number of amides is 1. The SMILES string of the molecule is Cc1cc(Br)ccc1C(=O)N1CC(N(C)C)C1. The Labute approximate surface area is 111 Å². The van der Waals surface area contributed by atoms with Gasteiger partial charge in [-0.2, -0.15) is 0 Å². The van der Waals surface area contributed by atoms with E-state index < -0.39 is 0 Å². The Hall–Kier alpha value is -0.870. The predicted octanol–water partition coefficient (Wildman–Crippen LogP) is 2.14. The van der Waals surface area contributed by atoms with Crippen molar-refractivity contribution in [3.8, 4) is 0 Å². The molecule has 1 saturated heterocycles. The molecule has 0 radical (unpaired) electrons. The maximum Gasteiger partial charge on any atom is 0.254 e. The van der Waals surface area contributed by atoms with Crippen molar-refractivity contribution in [3.63, 3.8) is 0 Å². The summed E-state index contributed by atoms with van der Waals surface area (Å²) in [6.07, 6.45) is 0. The Morgan fingerprint density at radius 2 is 2.06 bits per heavy atom. The van der Waals surface area contributed by atoms with Gasteiger partial charge in [0.1, 0.15) is 0 Å². The number of halogens is 1. The van der Waals surface area contributed by atoms with E-state index in [1.807, 2.05) is 30.0 Å². The summed E-state index contributed by atoms with van der Waals surface area (Å²) in [5.41, 5.74) is 1.84. The van der Waals surface area contributed by atoms with Crippen molar-refractivity contribution >= 4 is 21.8 Å². The summed E-state index contributed by atoms with van der Waals surface area (Å²) in [6, 6.07) is 6.31. The first-order chi connectivity index (χ1) is 7.99. The van der Waals surface area contributed by atoms with Gasteiger partial charge in [0.2, 0.25) is 0 Å². The molecular weight excluding hydrogens is 280 g/mol. The number of carbonyl (C=O) groups excluding carboxylic acids is 1. The van der Waals surface area contributed by atoms with E-state index in [-0.39, 0.29) is 5.91 Å². The zero-order valence-corrected chi connectivity index (χ0v) is 12.0. The van der Waals surface area contributed by atoms with Gasteiger partial charge >= 0.3 is 0 Å². The maximum absolute atomic E-state index is 12.2. The lowest BCUT2D eigenvalue weighted by atomic mass is 10.0. The zero-order valence-electron chi connectivity index (χ0n) is 10.4. The van der Waals surface area contributed by atoms with Crippen molar-refractivity contribution in [1.82, 2.24) is 9.80 Å². The second-order valence-electron chi connectivity index (χ2n) is 4.79. The molecule has 3 nitrogen and oxygen atoms in total. The summed E-state index contributed by atoms with van der Waals surface area (Å²) < 4.78 is 1.02. The number of likely N-dealkylation sites (N-methyl/N-ethyl adjacent to an activating group) is 1. The van der Waals surface area contributed by atoms with Crippen LogP contribution in [-0.4, -0.2) is 48.9 Å². The monoisotopic (exact) mass is 296 g/mol. The van der Waals surface area contributed by atoms with Gasteiger partial charge < -0.3 is 9.80 Å². The molecule has 1 fully saturated rings. The minimum Gasteiger partial charge on any atom is -0.335 e. The van der Waals surface area contributed by atoms with Gasteiger partial charge in [0.05, 0.1) is 0 Å². The molecule has 0 spiro atoms. The second kappa shape index (κ2) is 4.78. The van der Waals surface area contributed by atoms with Crippen LogP contribution < -0.4 is 0 Å². The number of aryl methyl sites for hydroxylation is 1. The van der Waals surface area contributed by atoms with Crippen LogP contribution in [0.2, 0.25) is 0 Å². The average molecular weight is 297 g/mol. The number of nitrogens with zero attached hydrogens (tertiary/aromatic N) is 2. The first kappa shape index (κ1) is 12.6. The highest BCUT2D eigenvalue weighted by Gasteiger charge is 2.32. The molecule has 4 heteroatoms.